The number of methoxy groups -OCH3 is 2. The molecule has 0 unspecified atom stereocenters. The normalized spacial score (nSPS) is 10.3. The molecule has 2 aromatic carbocycles. The van der Waals surface area contributed by atoms with Gasteiger partial charge in [0.05, 0.1) is 24.1 Å². The molecule has 0 aliphatic rings. The molecule has 2 rings (SSSR count). The summed E-state index contributed by atoms with van der Waals surface area (Å²) in [4.78, 5) is 41.4. The zero-order valence-corrected chi connectivity index (χ0v) is 17.9. The molecule has 33 heavy (non-hydrogen) atoms. The molecule has 0 saturated carbocycles. The zero-order chi connectivity index (χ0) is 25.0. The van der Waals surface area contributed by atoms with E-state index in [9.17, 15) is 29.8 Å². The first-order valence-corrected chi connectivity index (χ1v) is 9.08. The Morgan fingerprint density at radius 2 is 1.30 bits per heavy atom. The second-order valence-corrected chi connectivity index (χ2v) is 5.99. The molecular weight excluding hydrogens is 438 g/mol. The number of hydrogen-bond donors (Lipinski definition) is 2. The van der Waals surface area contributed by atoms with Crippen LogP contribution in [0.25, 0.3) is 12.2 Å². The first-order chi connectivity index (χ1) is 15.6. The van der Waals surface area contributed by atoms with Crippen molar-refractivity contribution in [3.63, 3.8) is 0 Å². The van der Waals surface area contributed by atoms with Crippen LogP contribution >= 0.6 is 0 Å². The third-order valence-electron chi connectivity index (χ3n) is 3.91. The van der Waals surface area contributed by atoms with E-state index >= 15 is 0 Å². The summed E-state index contributed by atoms with van der Waals surface area (Å²) in [6.45, 7) is 0. The minimum Gasteiger partial charge on any atom is -0.496 e. The van der Waals surface area contributed by atoms with Crippen LogP contribution in [0, 0.1) is 20.2 Å². The van der Waals surface area contributed by atoms with Crippen molar-refractivity contribution in [2.24, 2.45) is 0 Å². The predicted octanol–water partition coefficient (Wildman–Crippen LogP) is 3.06. The van der Waals surface area contributed by atoms with E-state index in [1.54, 1.807) is 0 Å². The molecule has 12 heteroatoms. The van der Waals surface area contributed by atoms with Crippen LogP contribution in [-0.4, -0.2) is 48.1 Å². The fourth-order valence-corrected chi connectivity index (χ4v) is 2.34. The van der Waals surface area contributed by atoms with E-state index in [1.165, 1.54) is 75.9 Å². The molecule has 1 amide bonds. The van der Waals surface area contributed by atoms with Crippen molar-refractivity contribution in [2.75, 3.05) is 21.3 Å². The highest BCUT2D eigenvalue weighted by Crippen LogP contribution is 2.26. The van der Waals surface area contributed by atoms with Gasteiger partial charge in [-0.25, -0.2) is 4.79 Å². The van der Waals surface area contributed by atoms with Gasteiger partial charge < -0.3 is 19.9 Å². The summed E-state index contributed by atoms with van der Waals surface area (Å²) in [6.07, 6.45) is 4.88. The molecule has 0 aromatic heterocycles. The number of amides is 1. The lowest BCUT2D eigenvalue weighted by atomic mass is 10.1. The molecule has 2 aromatic rings. The predicted molar refractivity (Wildman–Crippen MR) is 119 cm³/mol. The van der Waals surface area contributed by atoms with Gasteiger partial charge in [0.25, 0.3) is 11.4 Å². The number of nitro benzene ring substituents is 2. The monoisotopic (exact) mass is 459 g/mol. The Hall–Kier alpha value is -4.74. The van der Waals surface area contributed by atoms with E-state index in [4.69, 9.17) is 14.6 Å². The highest BCUT2D eigenvalue weighted by atomic mass is 16.6. The summed E-state index contributed by atoms with van der Waals surface area (Å²) in [6, 6.07) is 8.13. The number of nitrogens with zero attached hydrogens (tertiary/aromatic N) is 2. The van der Waals surface area contributed by atoms with Crippen molar-refractivity contribution in [3.8, 4) is 11.5 Å². The number of rotatable bonds is 8. The second-order valence-electron chi connectivity index (χ2n) is 5.99. The van der Waals surface area contributed by atoms with Crippen LogP contribution in [0.4, 0.5) is 11.4 Å². The van der Waals surface area contributed by atoms with Gasteiger partial charge in [0.15, 0.2) is 0 Å². The quantitative estimate of drug-likeness (QED) is 0.342. The van der Waals surface area contributed by atoms with E-state index in [0.717, 1.165) is 6.08 Å². The fourth-order valence-electron chi connectivity index (χ4n) is 2.34. The summed E-state index contributed by atoms with van der Waals surface area (Å²) in [5.74, 6) is -0.578. The topological polar surface area (TPSA) is 171 Å². The molecule has 174 valence electrons. The van der Waals surface area contributed by atoms with E-state index in [-0.39, 0.29) is 17.3 Å². The fraction of sp³-hybridized carbons (Fsp3) is 0.143. The minimum atomic E-state index is -1.13. The Morgan fingerprint density at radius 3 is 1.64 bits per heavy atom. The largest absolute Gasteiger partial charge is 0.496 e. The van der Waals surface area contributed by atoms with E-state index in [1.807, 2.05) is 0 Å². The first kappa shape index (κ1) is 26.3. The Kier molecular flexibility index (Phi) is 10.2. The van der Waals surface area contributed by atoms with Gasteiger partial charge in [-0.1, -0.05) is 0 Å². The maximum Gasteiger partial charge on any atom is 0.328 e. The molecule has 0 heterocycles. The number of nitrogens with one attached hydrogen (secondary N) is 1. The summed E-state index contributed by atoms with van der Waals surface area (Å²) in [5, 5.41) is 32.0. The maximum absolute atomic E-state index is 11.0. The Balaban J connectivity index is 0.000000331. The molecule has 0 spiro atoms. The van der Waals surface area contributed by atoms with Crippen LogP contribution in [0.5, 0.6) is 11.5 Å². The molecule has 0 aliphatic heterocycles. The number of carbonyl (C=O) groups excluding carboxylic acids is 1. The number of nitro groups is 2. The van der Waals surface area contributed by atoms with Crippen molar-refractivity contribution in [1.82, 2.24) is 5.32 Å². The SMILES string of the molecule is CNC(=O)/C=C/c1cc([N+](=O)[O-])ccc1OC.COc1ccc([N+](=O)[O-])cc1/C=C/C(=O)O. The maximum atomic E-state index is 11.0. The van der Waals surface area contributed by atoms with Gasteiger partial charge in [-0.05, 0) is 24.3 Å². The van der Waals surface area contributed by atoms with E-state index in [2.05, 4.69) is 5.32 Å². The number of aliphatic carboxylic acids is 1. The number of ether oxygens (including phenoxy) is 2. The van der Waals surface area contributed by atoms with E-state index in [0.29, 0.717) is 22.6 Å². The number of non-ortho nitro benzene ring substituents is 2. The Bertz CT molecular complexity index is 1090. The van der Waals surface area contributed by atoms with Gasteiger partial charge >= 0.3 is 5.97 Å². The van der Waals surface area contributed by atoms with Crippen LogP contribution in [0.15, 0.2) is 48.6 Å². The molecule has 2 N–H and O–H groups in total. The third-order valence-corrected chi connectivity index (χ3v) is 3.91. The average Bonchev–Trinajstić information content (AvgIpc) is 2.80. The molecular formula is C21H21N3O9. The van der Waals surface area contributed by atoms with Crippen LogP contribution in [0.1, 0.15) is 11.1 Å². The zero-order valence-electron chi connectivity index (χ0n) is 17.9. The van der Waals surface area contributed by atoms with Gasteiger partial charge in [0.2, 0.25) is 5.91 Å². The smallest absolute Gasteiger partial charge is 0.328 e. The van der Waals surface area contributed by atoms with Gasteiger partial charge in [-0.2, -0.15) is 0 Å². The molecule has 0 atom stereocenters. The Labute approximate surface area is 188 Å². The standard InChI is InChI=1S/C11H12N2O4.C10H9NO5/c1-12-11(14)6-3-8-7-9(13(15)16)4-5-10(8)17-2;1-16-9-4-3-8(11(14)15)6-7(9)2-5-10(12)13/h3-7H,1-2H3,(H,12,14);2-6H,1H3,(H,12,13)/b6-3+;5-2+. The number of hydrogen-bond acceptors (Lipinski definition) is 8. The highest BCUT2D eigenvalue weighted by molar-refractivity contribution is 5.92. The first-order valence-electron chi connectivity index (χ1n) is 9.08. The summed E-state index contributed by atoms with van der Waals surface area (Å²) in [5.41, 5.74) is 0.651. The van der Waals surface area contributed by atoms with Crippen LogP contribution in [-0.2, 0) is 9.59 Å². The molecule has 0 aliphatic carbocycles. The lowest BCUT2D eigenvalue weighted by molar-refractivity contribution is -0.385. The number of likely N-dealkylation sites (N-methyl/N-ethyl adjacent to an activating group) is 1. The van der Waals surface area contributed by atoms with E-state index < -0.39 is 15.8 Å². The second kappa shape index (κ2) is 12.8. The number of carbonyl (C=O) groups is 2. The molecule has 12 nitrogen and oxygen atoms in total. The summed E-state index contributed by atoms with van der Waals surface area (Å²) < 4.78 is 9.99. The van der Waals surface area contributed by atoms with Crippen LogP contribution in [0.3, 0.4) is 0 Å². The van der Waals surface area contributed by atoms with Crippen molar-refractivity contribution >= 4 is 35.4 Å². The van der Waals surface area contributed by atoms with Crippen LogP contribution < -0.4 is 14.8 Å². The molecule has 0 bridgehead atoms. The number of carboxylic acid groups (broad SMARTS) is 1. The lowest BCUT2D eigenvalue weighted by Gasteiger charge is -2.03. The lowest BCUT2D eigenvalue weighted by Crippen LogP contribution is -2.13. The average molecular weight is 459 g/mol. The van der Waals surface area contributed by atoms with Crippen LogP contribution in [0.2, 0.25) is 0 Å². The number of benzene rings is 2. The highest BCUT2D eigenvalue weighted by Gasteiger charge is 2.10. The van der Waals surface area contributed by atoms with Gasteiger partial charge in [0.1, 0.15) is 11.5 Å². The van der Waals surface area contributed by atoms with Gasteiger partial charge in [0, 0.05) is 54.6 Å². The van der Waals surface area contributed by atoms with Gasteiger partial charge in [-0.15, -0.1) is 0 Å². The molecule has 0 saturated heterocycles. The van der Waals surface area contributed by atoms with Crippen molar-refractivity contribution in [3.05, 3.63) is 79.9 Å². The number of carboxylic acids is 1. The minimum absolute atomic E-state index is 0.0534. The Morgan fingerprint density at radius 1 is 0.879 bits per heavy atom. The third kappa shape index (κ3) is 8.49. The molecule has 0 radical (unpaired) electrons. The molecule has 0 fully saturated rings. The van der Waals surface area contributed by atoms with Crippen molar-refractivity contribution < 1.29 is 34.0 Å². The van der Waals surface area contributed by atoms with Crippen molar-refractivity contribution in [2.45, 2.75) is 0 Å². The van der Waals surface area contributed by atoms with Crippen molar-refractivity contribution in [1.29, 1.82) is 0 Å². The summed E-state index contributed by atoms with van der Waals surface area (Å²) in [7, 11) is 4.36. The summed E-state index contributed by atoms with van der Waals surface area (Å²) >= 11 is 0. The van der Waals surface area contributed by atoms with Gasteiger partial charge in [-0.3, -0.25) is 25.0 Å².